The van der Waals surface area contributed by atoms with Crippen molar-refractivity contribution < 1.29 is 19.2 Å². The molecule has 1 aliphatic rings. The number of ether oxygens (including phenoxy) is 1. The van der Waals surface area contributed by atoms with Crippen molar-refractivity contribution in [1.82, 2.24) is 15.0 Å². The molecule has 1 aliphatic heterocycles. The van der Waals surface area contributed by atoms with Crippen LogP contribution in [0.4, 0.5) is 0 Å². The number of benzene rings is 1. The standard InChI is InChI=1S/C22H23N3O4/c1-15-19(21(24-29-15)16-6-3-2-4-7-16)14-28-20-10-9-17(12-23-20)22(27)25-11-5-8-18(25)13-26/h2-4,6-7,9-10,12,18,26H,5,8,11,13-14H2,1H3/t18-/m1/s1. The summed E-state index contributed by atoms with van der Waals surface area (Å²) in [6.45, 7) is 2.76. The molecule has 3 heterocycles. The van der Waals surface area contributed by atoms with Crippen molar-refractivity contribution in [2.75, 3.05) is 13.2 Å². The van der Waals surface area contributed by atoms with Crippen LogP contribution in [-0.4, -0.2) is 45.2 Å². The van der Waals surface area contributed by atoms with Gasteiger partial charge in [-0.05, 0) is 25.8 Å². The maximum atomic E-state index is 12.6. The van der Waals surface area contributed by atoms with E-state index in [4.69, 9.17) is 9.26 Å². The molecule has 0 bridgehead atoms. The topological polar surface area (TPSA) is 88.7 Å². The van der Waals surface area contributed by atoms with Crippen molar-refractivity contribution >= 4 is 5.91 Å². The first-order chi connectivity index (χ1) is 14.2. The molecule has 150 valence electrons. The van der Waals surface area contributed by atoms with Crippen molar-refractivity contribution in [2.45, 2.75) is 32.4 Å². The van der Waals surface area contributed by atoms with E-state index in [1.165, 1.54) is 6.20 Å². The third kappa shape index (κ3) is 4.00. The highest BCUT2D eigenvalue weighted by atomic mass is 16.5. The molecule has 0 saturated carbocycles. The number of hydrogen-bond donors (Lipinski definition) is 1. The Hall–Kier alpha value is -3.19. The van der Waals surface area contributed by atoms with Crippen LogP contribution in [0.25, 0.3) is 11.3 Å². The number of aliphatic hydroxyl groups excluding tert-OH is 1. The van der Waals surface area contributed by atoms with Crippen LogP contribution in [0.3, 0.4) is 0 Å². The Morgan fingerprint density at radius 2 is 2.10 bits per heavy atom. The van der Waals surface area contributed by atoms with Crippen LogP contribution in [0.1, 0.15) is 34.5 Å². The molecule has 0 spiro atoms. The average molecular weight is 393 g/mol. The van der Waals surface area contributed by atoms with Crippen molar-refractivity contribution in [3.8, 4) is 17.1 Å². The molecule has 1 aromatic carbocycles. The molecule has 7 heteroatoms. The van der Waals surface area contributed by atoms with Gasteiger partial charge in [-0.3, -0.25) is 4.79 Å². The van der Waals surface area contributed by atoms with Gasteiger partial charge >= 0.3 is 0 Å². The number of rotatable bonds is 6. The summed E-state index contributed by atoms with van der Waals surface area (Å²) < 4.78 is 11.2. The van der Waals surface area contributed by atoms with Crippen molar-refractivity contribution in [3.05, 3.63) is 65.5 Å². The molecule has 3 aromatic rings. The van der Waals surface area contributed by atoms with Crippen molar-refractivity contribution in [2.24, 2.45) is 0 Å². The van der Waals surface area contributed by atoms with Gasteiger partial charge in [0, 0.05) is 24.4 Å². The van der Waals surface area contributed by atoms with Gasteiger partial charge in [0.15, 0.2) is 0 Å². The van der Waals surface area contributed by atoms with Crippen LogP contribution in [0.5, 0.6) is 5.88 Å². The zero-order chi connectivity index (χ0) is 20.2. The minimum absolute atomic E-state index is 0.0117. The van der Waals surface area contributed by atoms with Crippen LogP contribution in [-0.2, 0) is 6.61 Å². The van der Waals surface area contributed by atoms with E-state index >= 15 is 0 Å². The smallest absolute Gasteiger partial charge is 0.255 e. The fourth-order valence-electron chi connectivity index (χ4n) is 3.58. The highest BCUT2D eigenvalue weighted by Crippen LogP contribution is 2.26. The van der Waals surface area contributed by atoms with E-state index in [-0.39, 0.29) is 25.2 Å². The number of amides is 1. The molecule has 1 amide bonds. The number of carbonyl (C=O) groups is 1. The number of nitrogens with zero attached hydrogens (tertiary/aromatic N) is 3. The number of likely N-dealkylation sites (tertiary alicyclic amines) is 1. The third-order valence-electron chi connectivity index (χ3n) is 5.23. The van der Waals surface area contributed by atoms with Gasteiger partial charge in [-0.25, -0.2) is 4.98 Å². The van der Waals surface area contributed by atoms with Gasteiger partial charge < -0.3 is 19.3 Å². The first kappa shape index (κ1) is 19.1. The van der Waals surface area contributed by atoms with Gasteiger partial charge in [0.25, 0.3) is 5.91 Å². The van der Waals surface area contributed by atoms with E-state index in [1.807, 2.05) is 37.3 Å². The number of hydrogen-bond acceptors (Lipinski definition) is 6. The molecule has 2 aromatic heterocycles. The van der Waals surface area contributed by atoms with Gasteiger partial charge in [-0.15, -0.1) is 0 Å². The lowest BCUT2D eigenvalue weighted by Gasteiger charge is -2.22. The molecule has 4 rings (SSSR count). The number of aromatic nitrogens is 2. The summed E-state index contributed by atoms with van der Waals surface area (Å²) in [5.41, 5.74) is 3.06. The highest BCUT2D eigenvalue weighted by molar-refractivity contribution is 5.94. The summed E-state index contributed by atoms with van der Waals surface area (Å²) in [4.78, 5) is 18.6. The second kappa shape index (κ2) is 8.45. The summed E-state index contributed by atoms with van der Waals surface area (Å²) in [6.07, 6.45) is 3.26. The predicted molar refractivity (Wildman–Crippen MR) is 106 cm³/mol. The second-order valence-electron chi connectivity index (χ2n) is 7.08. The SMILES string of the molecule is Cc1onc(-c2ccccc2)c1COc1ccc(C(=O)N2CCC[C@@H]2CO)cn1. The van der Waals surface area contributed by atoms with Crippen LogP contribution < -0.4 is 4.74 Å². The summed E-state index contributed by atoms with van der Waals surface area (Å²) in [6, 6.07) is 13.1. The molecule has 0 aliphatic carbocycles. The van der Waals surface area contributed by atoms with E-state index in [2.05, 4.69) is 10.1 Å². The fourth-order valence-corrected chi connectivity index (χ4v) is 3.58. The summed E-state index contributed by atoms with van der Waals surface area (Å²) in [5, 5.41) is 13.6. The molecular weight excluding hydrogens is 370 g/mol. The minimum atomic E-state index is -0.109. The quantitative estimate of drug-likeness (QED) is 0.692. The zero-order valence-corrected chi connectivity index (χ0v) is 16.2. The Balaban J connectivity index is 1.44. The summed E-state index contributed by atoms with van der Waals surface area (Å²) >= 11 is 0. The van der Waals surface area contributed by atoms with Crippen LogP contribution in [0.15, 0.2) is 53.2 Å². The molecule has 1 N–H and O–H groups in total. The number of aryl methyl sites for hydroxylation is 1. The minimum Gasteiger partial charge on any atom is -0.473 e. The summed E-state index contributed by atoms with van der Waals surface area (Å²) in [5.74, 6) is 1.00. The average Bonchev–Trinajstić information content (AvgIpc) is 3.39. The predicted octanol–water partition coefficient (Wildman–Crippen LogP) is 3.22. The van der Waals surface area contributed by atoms with Gasteiger partial charge in [0.2, 0.25) is 5.88 Å². The molecular formula is C22H23N3O4. The lowest BCUT2D eigenvalue weighted by Crippen LogP contribution is -2.37. The molecule has 1 fully saturated rings. The van der Waals surface area contributed by atoms with Gasteiger partial charge in [-0.1, -0.05) is 35.5 Å². The largest absolute Gasteiger partial charge is 0.473 e. The van der Waals surface area contributed by atoms with Crippen LogP contribution in [0.2, 0.25) is 0 Å². The lowest BCUT2D eigenvalue weighted by atomic mass is 10.1. The van der Waals surface area contributed by atoms with Crippen LogP contribution in [0, 0.1) is 6.92 Å². The molecule has 0 radical (unpaired) electrons. The zero-order valence-electron chi connectivity index (χ0n) is 16.2. The maximum absolute atomic E-state index is 12.6. The van der Waals surface area contributed by atoms with Crippen LogP contribution >= 0.6 is 0 Å². The Labute approximate surface area is 168 Å². The number of carbonyl (C=O) groups excluding carboxylic acids is 1. The molecule has 1 atom stereocenters. The Morgan fingerprint density at radius 3 is 2.83 bits per heavy atom. The van der Waals surface area contributed by atoms with Crippen molar-refractivity contribution in [3.63, 3.8) is 0 Å². The Kier molecular flexibility index (Phi) is 5.57. The lowest BCUT2D eigenvalue weighted by molar-refractivity contribution is 0.0677. The molecule has 29 heavy (non-hydrogen) atoms. The second-order valence-corrected chi connectivity index (χ2v) is 7.08. The normalized spacial score (nSPS) is 16.2. The van der Waals surface area contributed by atoms with Crippen molar-refractivity contribution in [1.29, 1.82) is 0 Å². The van der Waals surface area contributed by atoms with E-state index in [0.717, 1.165) is 29.7 Å². The van der Waals surface area contributed by atoms with E-state index < -0.39 is 0 Å². The molecule has 0 unspecified atom stereocenters. The number of pyridine rings is 1. The summed E-state index contributed by atoms with van der Waals surface area (Å²) in [7, 11) is 0. The molecule has 7 nitrogen and oxygen atoms in total. The molecule has 1 saturated heterocycles. The van der Waals surface area contributed by atoms with E-state index in [9.17, 15) is 9.90 Å². The Morgan fingerprint density at radius 1 is 1.28 bits per heavy atom. The monoisotopic (exact) mass is 393 g/mol. The number of aliphatic hydroxyl groups is 1. The Bertz CT molecular complexity index is 969. The van der Waals surface area contributed by atoms with E-state index in [1.54, 1.807) is 17.0 Å². The first-order valence-electron chi connectivity index (χ1n) is 9.68. The van der Waals surface area contributed by atoms with Gasteiger partial charge in [0.05, 0.1) is 23.8 Å². The van der Waals surface area contributed by atoms with E-state index in [0.29, 0.717) is 23.7 Å². The highest BCUT2D eigenvalue weighted by Gasteiger charge is 2.28. The van der Waals surface area contributed by atoms with Gasteiger partial charge in [-0.2, -0.15) is 0 Å². The fraction of sp³-hybridized carbons (Fsp3) is 0.318. The third-order valence-corrected chi connectivity index (χ3v) is 5.23. The maximum Gasteiger partial charge on any atom is 0.255 e. The van der Waals surface area contributed by atoms with Gasteiger partial charge in [0.1, 0.15) is 18.1 Å². The first-order valence-corrected chi connectivity index (χ1v) is 9.68.